The molecule has 0 radical (unpaired) electrons. The molecular weight excluding hydrogens is 346 g/mol. The van der Waals surface area contributed by atoms with Crippen molar-refractivity contribution in [2.24, 2.45) is 0 Å². The zero-order valence-electron chi connectivity index (χ0n) is 16.8. The largest absolute Gasteiger partial charge is 0.469 e. The molecule has 1 amide bonds. The molecule has 1 rings (SSSR count). The molecule has 140 valence electrons. The molecule has 0 saturated carbocycles. The summed E-state index contributed by atoms with van der Waals surface area (Å²) in [5.74, 6) is -0.262. The lowest BCUT2D eigenvalue weighted by Gasteiger charge is -2.39. The average molecular weight is 380 g/mol. The van der Waals surface area contributed by atoms with Gasteiger partial charge in [0.2, 0.25) is 5.91 Å². The standard InChI is InChI=1S/C19H33NO3Si2/c1-14(15-12-10-9-11-13-15)20-18(21)16(24(3,4)5)17(19(22)23-2)25(6,7)8/h9-14,16-17H,1-8H3,(H,20,21)/t14-,16-,17+/m1/s1. The second-order valence-electron chi connectivity index (χ2n) is 8.85. The number of methoxy groups -OCH3 is 1. The first-order valence-electron chi connectivity index (χ1n) is 8.82. The second-order valence-corrected chi connectivity index (χ2v) is 19.6. The molecule has 0 spiro atoms. The third kappa shape index (κ3) is 5.81. The highest BCUT2D eigenvalue weighted by Gasteiger charge is 2.49. The van der Waals surface area contributed by atoms with Crippen LogP contribution in [0, 0.1) is 0 Å². The molecule has 4 nitrogen and oxygen atoms in total. The van der Waals surface area contributed by atoms with Crippen LogP contribution >= 0.6 is 0 Å². The lowest BCUT2D eigenvalue weighted by molar-refractivity contribution is -0.142. The fourth-order valence-electron chi connectivity index (χ4n) is 3.29. The van der Waals surface area contributed by atoms with Crippen LogP contribution in [-0.4, -0.2) is 35.1 Å². The molecule has 1 aromatic rings. The van der Waals surface area contributed by atoms with Crippen LogP contribution in [0.2, 0.25) is 50.4 Å². The van der Waals surface area contributed by atoms with E-state index >= 15 is 0 Å². The van der Waals surface area contributed by atoms with Gasteiger partial charge in [0.25, 0.3) is 0 Å². The first-order chi connectivity index (χ1) is 11.4. The third-order valence-corrected chi connectivity index (χ3v) is 9.83. The Morgan fingerprint density at radius 1 is 0.920 bits per heavy atom. The number of carbonyl (C=O) groups excluding carboxylic acids is 2. The fourth-order valence-corrected chi connectivity index (χ4v) is 10.3. The van der Waals surface area contributed by atoms with Crippen LogP contribution in [0.5, 0.6) is 0 Å². The Kier molecular flexibility index (Phi) is 7.20. The van der Waals surface area contributed by atoms with Crippen LogP contribution in [0.3, 0.4) is 0 Å². The van der Waals surface area contributed by atoms with Crippen molar-refractivity contribution >= 4 is 28.0 Å². The summed E-state index contributed by atoms with van der Waals surface area (Å²) < 4.78 is 5.09. The van der Waals surface area contributed by atoms with Gasteiger partial charge in [-0.1, -0.05) is 69.6 Å². The third-order valence-electron chi connectivity index (χ3n) is 4.60. The molecule has 0 aliphatic carbocycles. The fraction of sp³-hybridized carbons (Fsp3) is 0.579. The van der Waals surface area contributed by atoms with Crippen molar-refractivity contribution in [2.45, 2.75) is 63.3 Å². The van der Waals surface area contributed by atoms with Crippen LogP contribution in [0.1, 0.15) is 18.5 Å². The van der Waals surface area contributed by atoms with Gasteiger partial charge in [0.1, 0.15) is 0 Å². The zero-order valence-corrected chi connectivity index (χ0v) is 18.8. The minimum absolute atomic E-state index is 0.0201. The van der Waals surface area contributed by atoms with Crippen molar-refractivity contribution < 1.29 is 14.3 Å². The van der Waals surface area contributed by atoms with Gasteiger partial charge in [-0.25, -0.2) is 0 Å². The topological polar surface area (TPSA) is 55.4 Å². The molecule has 0 saturated heterocycles. The zero-order chi connectivity index (χ0) is 19.4. The maximum atomic E-state index is 13.2. The predicted octanol–water partition coefficient (Wildman–Crippen LogP) is 4.45. The Bertz CT molecular complexity index is 591. The number of rotatable bonds is 7. The van der Waals surface area contributed by atoms with E-state index < -0.39 is 16.1 Å². The monoisotopic (exact) mass is 379 g/mol. The van der Waals surface area contributed by atoms with E-state index in [2.05, 4.69) is 44.6 Å². The van der Waals surface area contributed by atoms with Gasteiger partial charge >= 0.3 is 5.97 Å². The van der Waals surface area contributed by atoms with Crippen LogP contribution in [0.15, 0.2) is 30.3 Å². The van der Waals surface area contributed by atoms with Gasteiger partial charge in [0.15, 0.2) is 0 Å². The maximum absolute atomic E-state index is 13.2. The molecule has 3 atom stereocenters. The molecule has 0 heterocycles. The van der Waals surface area contributed by atoms with Gasteiger partial charge in [0, 0.05) is 5.54 Å². The Morgan fingerprint density at radius 2 is 1.40 bits per heavy atom. The number of hydrogen-bond acceptors (Lipinski definition) is 3. The van der Waals surface area contributed by atoms with Gasteiger partial charge < -0.3 is 10.1 Å². The Balaban J connectivity index is 3.17. The van der Waals surface area contributed by atoms with Crippen LogP contribution in [0.25, 0.3) is 0 Å². The van der Waals surface area contributed by atoms with E-state index in [0.29, 0.717) is 0 Å². The maximum Gasteiger partial charge on any atom is 0.306 e. The summed E-state index contributed by atoms with van der Waals surface area (Å²) in [4.78, 5) is 25.8. The molecule has 6 heteroatoms. The summed E-state index contributed by atoms with van der Waals surface area (Å²) in [6, 6.07) is 9.81. The molecule has 1 N–H and O–H groups in total. The van der Waals surface area contributed by atoms with E-state index in [9.17, 15) is 9.59 Å². The van der Waals surface area contributed by atoms with Crippen molar-refractivity contribution in [1.29, 1.82) is 0 Å². The van der Waals surface area contributed by atoms with Crippen molar-refractivity contribution in [3.63, 3.8) is 0 Å². The van der Waals surface area contributed by atoms with Crippen molar-refractivity contribution in [3.05, 3.63) is 35.9 Å². The number of amides is 1. The summed E-state index contributed by atoms with van der Waals surface area (Å²) in [5.41, 5.74) is 0.442. The molecule has 0 aromatic heterocycles. The first-order valence-corrected chi connectivity index (χ1v) is 16.0. The number of nitrogens with one attached hydrogen (secondary N) is 1. The van der Waals surface area contributed by atoms with E-state index in [1.807, 2.05) is 37.3 Å². The van der Waals surface area contributed by atoms with Gasteiger partial charge in [-0.15, -0.1) is 0 Å². The first kappa shape index (κ1) is 21.6. The van der Waals surface area contributed by atoms with Gasteiger partial charge in [-0.05, 0) is 12.5 Å². The minimum atomic E-state index is -1.95. The number of benzene rings is 1. The molecule has 0 fully saturated rings. The molecule has 25 heavy (non-hydrogen) atoms. The van der Waals surface area contributed by atoms with Crippen molar-refractivity contribution in [3.8, 4) is 0 Å². The number of hydrogen-bond donors (Lipinski definition) is 1. The summed E-state index contributed by atoms with van der Waals surface area (Å²) in [5, 5.41) is 3.14. The van der Waals surface area contributed by atoms with Crippen LogP contribution in [0.4, 0.5) is 0 Å². The van der Waals surface area contributed by atoms with E-state index in [1.54, 1.807) is 0 Å². The Labute approximate surface area is 154 Å². The Morgan fingerprint density at radius 3 is 1.80 bits per heavy atom. The lowest BCUT2D eigenvalue weighted by Crippen LogP contribution is -2.51. The summed E-state index contributed by atoms with van der Waals surface area (Å²) in [7, 11) is -2.47. The highest BCUT2D eigenvalue weighted by molar-refractivity contribution is 6.87. The second kappa shape index (κ2) is 8.32. The van der Waals surface area contributed by atoms with Crippen LogP contribution < -0.4 is 5.32 Å². The molecule has 0 bridgehead atoms. The predicted molar refractivity (Wildman–Crippen MR) is 109 cm³/mol. The van der Waals surface area contributed by atoms with E-state index in [0.717, 1.165) is 5.56 Å². The van der Waals surface area contributed by atoms with Gasteiger partial charge in [0.05, 0.1) is 34.8 Å². The van der Waals surface area contributed by atoms with Crippen molar-refractivity contribution in [2.75, 3.05) is 7.11 Å². The minimum Gasteiger partial charge on any atom is -0.469 e. The van der Waals surface area contributed by atoms with Gasteiger partial charge in [-0.2, -0.15) is 0 Å². The summed E-state index contributed by atoms with van der Waals surface area (Å²) in [6.07, 6.45) is 0. The Hall–Kier alpha value is -1.41. The molecule has 0 aliphatic heterocycles. The lowest BCUT2D eigenvalue weighted by atomic mass is 10.1. The number of carbonyl (C=O) groups is 2. The average Bonchev–Trinajstić information content (AvgIpc) is 2.50. The normalized spacial score (nSPS) is 15.8. The van der Waals surface area contributed by atoms with E-state index in [4.69, 9.17) is 4.74 Å². The van der Waals surface area contributed by atoms with Crippen LogP contribution in [-0.2, 0) is 14.3 Å². The summed E-state index contributed by atoms with van der Waals surface area (Å²) >= 11 is 0. The smallest absolute Gasteiger partial charge is 0.306 e. The molecule has 1 aromatic carbocycles. The van der Waals surface area contributed by atoms with E-state index in [1.165, 1.54) is 7.11 Å². The summed E-state index contributed by atoms with van der Waals surface area (Å²) in [6.45, 7) is 14.8. The van der Waals surface area contributed by atoms with Crippen molar-refractivity contribution in [1.82, 2.24) is 5.32 Å². The molecule has 0 unspecified atom stereocenters. The number of esters is 1. The number of ether oxygens (including phenoxy) is 1. The highest BCUT2D eigenvalue weighted by atomic mass is 28.3. The molecule has 0 aliphatic rings. The van der Waals surface area contributed by atoms with Gasteiger partial charge in [-0.3, -0.25) is 9.59 Å². The SMILES string of the molecule is COC(=O)[C@H]([C@H](C(=O)N[C@H](C)c1ccccc1)[Si](C)(C)C)[Si](C)(C)C. The quantitative estimate of drug-likeness (QED) is 0.562. The molecular formula is C19H33NO3Si2. The van der Waals surface area contributed by atoms with E-state index in [-0.39, 0.29) is 29.0 Å². The highest BCUT2D eigenvalue weighted by Crippen LogP contribution is 2.42.